The van der Waals surface area contributed by atoms with Crippen molar-refractivity contribution < 1.29 is 4.74 Å². The molecule has 2 aromatic rings. The Bertz CT molecular complexity index is 692. The minimum atomic E-state index is 0.129. The normalized spacial score (nSPS) is 18.3. The van der Waals surface area contributed by atoms with E-state index >= 15 is 0 Å². The fraction of sp³-hybridized carbons (Fsp3) is 0.588. The van der Waals surface area contributed by atoms with Crippen LogP contribution in [0.25, 0.3) is 11.0 Å². The van der Waals surface area contributed by atoms with E-state index in [9.17, 15) is 0 Å². The summed E-state index contributed by atoms with van der Waals surface area (Å²) in [7, 11) is 0. The molecule has 0 unspecified atom stereocenters. The summed E-state index contributed by atoms with van der Waals surface area (Å²) >= 11 is 5.63. The Morgan fingerprint density at radius 2 is 1.95 bits per heavy atom. The highest BCUT2D eigenvalue weighted by molar-refractivity contribution is 7.71. The second-order valence-corrected chi connectivity index (χ2v) is 7.03. The second-order valence-electron chi connectivity index (χ2n) is 6.64. The zero-order valence-electron chi connectivity index (χ0n) is 13.1. The number of nitrogens with zero attached hydrogens (tertiary/aromatic N) is 1. The summed E-state index contributed by atoms with van der Waals surface area (Å²) in [5.74, 6) is 0.895. The molecule has 1 aromatic carbocycles. The van der Waals surface area contributed by atoms with Crippen molar-refractivity contribution in [3.63, 3.8) is 0 Å². The number of hydrogen-bond acceptors (Lipinski definition) is 2. The predicted octanol–water partition coefficient (Wildman–Crippen LogP) is 5.17. The Balaban J connectivity index is 2.16. The minimum absolute atomic E-state index is 0.129. The van der Waals surface area contributed by atoms with E-state index in [0.717, 1.165) is 16.0 Å². The number of para-hydroxylation sites is 1. The molecule has 1 heterocycles. The van der Waals surface area contributed by atoms with Crippen molar-refractivity contribution in [3.05, 3.63) is 23.0 Å². The zero-order valence-corrected chi connectivity index (χ0v) is 13.9. The van der Waals surface area contributed by atoms with Gasteiger partial charge in [-0.15, -0.1) is 0 Å². The fourth-order valence-electron chi connectivity index (χ4n) is 3.53. The minimum Gasteiger partial charge on any atom is -0.489 e. The van der Waals surface area contributed by atoms with Crippen molar-refractivity contribution in [2.24, 2.45) is 0 Å². The lowest BCUT2D eigenvalue weighted by atomic mass is 9.83. The zero-order chi connectivity index (χ0) is 15.0. The third kappa shape index (κ3) is 2.61. The first-order valence-electron chi connectivity index (χ1n) is 7.92. The summed E-state index contributed by atoms with van der Waals surface area (Å²) in [6.07, 6.45) is 6.46. The lowest BCUT2D eigenvalue weighted by Crippen LogP contribution is -2.32. The first-order valence-corrected chi connectivity index (χ1v) is 8.33. The smallest absolute Gasteiger partial charge is 0.178 e. The van der Waals surface area contributed by atoms with E-state index in [0.29, 0.717) is 0 Å². The van der Waals surface area contributed by atoms with Crippen molar-refractivity contribution in [1.82, 2.24) is 9.55 Å². The molecule has 1 N–H and O–H groups in total. The van der Waals surface area contributed by atoms with E-state index in [-0.39, 0.29) is 11.6 Å². The topological polar surface area (TPSA) is 29.9 Å². The summed E-state index contributed by atoms with van der Waals surface area (Å²) < 4.78 is 9.06. The van der Waals surface area contributed by atoms with Gasteiger partial charge in [-0.3, -0.25) is 0 Å². The second kappa shape index (κ2) is 5.48. The third-order valence-electron chi connectivity index (χ3n) is 4.51. The summed E-state index contributed by atoms with van der Waals surface area (Å²) in [6, 6.07) is 6.22. The van der Waals surface area contributed by atoms with Crippen LogP contribution in [-0.2, 0) is 5.54 Å². The van der Waals surface area contributed by atoms with Crippen molar-refractivity contribution in [2.45, 2.75) is 64.5 Å². The van der Waals surface area contributed by atoms with Crippen LogP contribution in [0.15, 0.2) is 18.2 Å². The fourth-order valence-corrected chi connectivity index (χ4v) is 3.95. The number of fused-ring (bicyclic) bond motifs is 1. The van der Waals surface area contributed by atoms with E-state index in [1.165, 1.54) is 37.6 Å². The van der Waals surface area contributed by atoms with Crippen LogP contribution in [0.4, 0.5) is 0 Å². The highest BCUT2D eigenvalue weighted by atomic mass is 32.1. The maximum absolute atomic E-state index is 5.93. The number of imidazole rings is 1. The van der Waals surface area contributed by atoms with Crippen LogP contribution >= 0.6 is 12.2 Å². The van der Waals surface area contributed by atoms with Crippen LogP contribution < -0.4 is 4.74 Å². The Morgan fingerprint density at radius 3 is 2.62 bits per heavy atom. The van der Waals surface area contributed by atoms with E-state index in [2.05, 4.69) is 28.6 Å². The molecular formula is C17H24N2OS. The molecule has 114 valence electrons. The van der Waals surface area contributed by atoms with Crippen LogP contribution in [0.5, 0.6) is 5.75 Å². The Hall–Kier alpha value is -1.29. The average molecular weight is 304 g/mol. The largest absolute Gasteiger partial charge is 0.489 e. The SMILES string of the molecule is CC(C)Oc1cccc2c1[nH]c(=S)n2C1(C)CCCCC1. The van der Waals surface area contributed by atoms with E-state index in [1.54, 1.807) is 0 Å². The molecule has 21 heavy (non-hydrogen) atoms. The van der Waals surface area contributed by atoms with Gasteiger partial charge < -0.3 is 14.3 Å². The lowest BCUT2D eigenvalue weighted by Gasteiger charge is -2.35. The number of aromatic nitrogens is 2. The van der Waals surface area contributed by atoms with Crippen molar-refractivity contribution in [3.8, 4) is 5.75 Å². The van der Waals surface area contributed by atoms with E-state index < -0.39 is 0 Å². The summed E-state index contributed by atoms with van der Waals surface area (Å²) in [6.45, 7) is 6.44. The van der Waals surface area contributed by atoms with Gasteiger partial charge in [-0.1, -0.05) is 25.3 Å². The molecule has 0 bridgehead atoms. The van der Waals surface area contributed by atoms with Crippen LogP contribution in [0.2, 0.25) is 0 Å². The van der Waals surface area contributed by atoms with Gasteiger partial charge in [0, 0.05) is 5.54 Å². The van der Waals surface area contributed by atoms with Crippen LogP contribution in [0.3, 0.4) is 0 Å². The maximum atomic E-state index is 5.93. The molecule has 0 saturated heterocycles. The van der Waals surface area contributed by atoms with E-state index in [1.807, 2.05) is 19.9 Å². The molecule has 1 aliphatic rings. The molecule has 3 nitrogen and oxygen atoms in total. The van der Waals surface area contributed by atoms with Gasteiger partial charge in [0.15, 0.2) is 4.77 Å². The molecule has 4 heteroatoms. The van der Waals surface area contributed by atoms with Gasteiger partial charge in [0.25, 0.3) is 0 Å². The standard InChI is InChI=1S/C17H24N2OS/c1-12(2)20-14-9-7-8-13-15(14)18-16(21)19(13)17(3)10-5-4-6-11-17/h7-9,12H,4-6,10-11H2,1-3H3,(H,18,21). The maximum Gasteiger partial charge on any atom is 0.178 e. The van der Waals surface area contributed by atoms with Crippen molar-refractivity contribution >= 4 is 23.3 Å². The molecule has 1 aliphatic carbocycles. The van der Waals surface area contributed by atoms with Crippen LogP contribution in [0, 0.1) is 4.77 Å². The third-order valence-corrected chi connectivity index (χ3v) is 4.80. The number of hydrogen-bond donors (Lipinski definition) is 1. The molecular weight excluding hydrogens is 280 g/mol. The van der Waals surface area contributed by atoms with Gasteiger partial charge in [-0.25, -0.2) is 0 Å². The van der Waals surface area contributed by atoms with Gasteiger partial charge in [0.2, 0.25) is 0 Å². The molecule has 3 rings (SSSR count). The number of rotatable bonds is 3. The van der Waals surface area contributed by atoms with Crippen molar-refractivity contribution in [1.29, 1.82) is 0 Å². The first-order chi connectivity index (χ1) is 10.0. The monoisotopic (exact) mass is 304 g/mol. The molecule has 0 amide bonds. The van der Waals surface area contributed by atoms with Crippen LogP contribution in [0.1, 0.15) is 52.9 Å². The summed E-state index contributed by atoms with van der Waals surface area (Å²) in [4.78, 5) is 3.38. The highest BCUT2D eigenvalue weighted by Gasteiger charge is 2.31. The molecule has 0 aliphatic heterocycles. The Labute approximate surface area is 131 Å². The predicted molar refractivity (Wildman–Crippen MR) is 89.6 cm³/mol. The lowest BCUT2D eigenvalue weighted by molar-refractivity contribution is 0.222. The number of H-pyrrole nitrogens is 1. The molecule has 0 spiro atoms. The Morgan fingerprint density at radius 1 is 1.24 bits per heavy atom. The molecule has 1 fully saturated rings. The number of ether oxygens (including phenoxy) is 1. The number of benzene rings is 1. The van der Waals surface area contributed by atoms with Gasteiger partial charge in [-0.2, -0.15) is 0 Å². The van der Waals surface area contributed by atoms with Gasteiger partial charge in [-0.05, 0) is 58.0 Å². The van der Waals surface area contributed by atoms with Crippen molar-refractivity contribution in [2.75, 3.05) is 0 Å². The number of nitrogens with one attached hydrogen (secondary N) is 1. The molecule has 1 aromatic heterocycles. The summed E-state index contributed by atoms with van der Waals surface area (Å²) in [5, 5.41) is 0. The van der Waals surface area contributed by atoms with Gasteiger partial charge >= 0.3 is 0 Å². The Kier molecular flexibility index (Phi) is 3.82. The van der Waals surface area contributed by atoms with Crippen LogP contribution in [-0.4, -0.2) is 15.7 Å². The van der Waals surface area contributed by atoms with E-state index in [4.69, 9.17) is 17.0 Å². The highest BCUT2D eigenvalue weighted by Crippen LogP contribution is 2.38. The first kappa shape index (κ1) is 14.6. The quantitative estimate of drug-likeness (QED) is 0.793. The summed E-state index contributed by atoms with van der Waals surface area (Å²) in [5.41, 5.74) is 2.33. The van der Waals surface area contributed by atoms with Gasteiger partial charge in [0.1, 0.15) is 11.3 Å². The van der Waals surface area contributed by atoms with Gasteiger partial charge in [0.05, 0.1) is 11.6 Å². The molecule has 0 radical (unpaired) electrons. The average Bonchev–Trinajstić information content (AvgIpc) is 2.77. The molecule has 1 saturated carbocycles. The molecule has 0 atom stereocenters. The number of aromatic amines is 1.